The van der Waals surface area contributed by atoms with E-state index < -0.39 is 0 Å². The van der Waals surface area contributed by atoms with Gasteiger partial charge in [0.05, 0.1) is 0 Å². The van der Waals surface area contributed by atoms with Crippen LogP contribution in [0.5, 0.6) is 0 Å². The summed E-state index contributed by atoms with van der Waals surface area (Å²) in [6.45, 7) is 4.30. The van der Waals surface area contributed by atoms with Crippen molar-refractivity contribution in [2.45, 2.75) is 24.6 Å². The molecule has 1 aromatic rings. The molecule has 0 spiro atoms. The molecule has 0 radical (unpaired) electrons. The monoisotopic (exact) mass is 246 g/mol. The fourth-order valence-electron chi connectivity index (χ4n) is 1.09. The van der Waals surface area contributed by atoms with Crippen molar-refractivity contribution in [3.05, 3.63) is 34.9 Å². The molecule has 0 heterocycles. The first-order valence-corrected chi connectivity index (χ1v) is 5.30. The second-order valence-corrected chi connectivity index (χ2v) is 4.84. The van der Waals surface area contributed by atoms with E-state index in [1.54, 1.807) is 0 Å². The molecule has 2 atom stereocenters. The Morgan fingerprint density at radius 2 is 1.83 bits per heavy atom. The van der Waals surface area contributed by atoms with E-state index in [2.05, 4.69) is 35.8 Å². The van der Waals surface area contributed by atoms with Gasteiger partial charge in [-0.05, 0) is 17.5 Å². The third kappa shape index (κ3) is 2.24. The van der Waals surface area contributed by atoms with Gasteiger partial charge in [-0.25, -0.2) is 0 Å². The zero-order valence-corrected chi connectivity index (χ0v) is 9.56. The van der Waals surface area contributed by atoms with Gasteiger partial charge in [0.2, 0.25) is 0 Å². The predicted molar refractivity (Wildman–Crippen MR) is 58.3 cm³/mol. The van der Waals surface area contributed by atoms with Crippen molar-refractivity contribution >= 4 is 27.5 Å². The molecule has 2 unspecified atom stereocenters. The highest BCUT2D eigenvalue weighted by Gasteiger charge is 2.13. The number of rotatable bonds is 2. The molecule has 2 heteroatoms. The maximum atomic E-state index is 6.04. The van der Waals surface area contributed by atoms with Gasteiger partial charge in [0, 0.05) is 9.85 Å². The van der Waals surface area contributed by atoms with Gasteiger partial charge in [0.25, 0.3) is 0 Å². The highest BCUT2D eigenvalue weighted by Crippen LogP contribution is 2.29. The fraction of sp³-hybridized carbons (Fsp3) is 0.400. The molecule has 0 nitrogen and oxygen atoms in total. The third-order valence-electron chi connectivity index (χ3n) is 2.08. The normalized spacial score (nSPS) is 15.7. The molecular weight excluding hydrogens is 235 g/mol. The molecule has 0 fully saturated rings. The van der Waals surface area contributed by atoms with Crippen LogP contribution in [-0.2, 0) is 0 Å². The van der Waals surface area contributed by atoms with E-state index in [-0.39, 0.29) is 0 Å². The maximum Gasteiger partial charge on any atom is 0.0441 e. The minimum Gasteiger partial charge on any atom is -0.0887 e. The lowest BCUT2D eigenvalue weighted by molar-refractivity contribution is 0.762. The lowest BCUT2D eigenvalue weighted by Crippen LogP contribution is -2.04. The smallest absolute Gasteiger partial charge is 0.0441 e. The number of benzene rings is 1. The van der Waals surface area contributed by atoms with E-state index in [1.165, 1.54) is 5.56 Å². The first kappa shape index (κ1) is 10.1. The zero-order chi connectivity index (χ0) is 9.14. The Morgan fingerprint density at radius 3 is 2.33 bits per heavy atom. The summed E-state index contributed by atoms with van der Waals surface area (Å²) < 4.78 is 0. The summed E-state index contributed by atoms with van der Waals surface area (Å²) in [5.41, 5.74) is 1.21. The van der Waals surface area contributed by atoms with Crippen molar-refractivity contribution in [3.8, 4) is 0 Å². The van der Waals surface area contributed by atoms with Crippen LogP contribution in [0.3, 0.4) is 0 Å². The summed E-state index contributed by atoms with van der Waals surface area (Å²) in [5.74, 6) is 0.457. The van der Waals surface area contributed by atoms with Crippen LogP contribution in [0, 0.1) is 0 Å². The van der Waals surface area contributed by atoms with Crippen molar-refractivity contribution in [1.82, 2.24) is 0 Å². The van der Waals surface area contributed by atoms with Crippen molar-refractivity contribution in [2.24, 2.45) is 0 Å². The van der Waals surface area contributed by atoms with Crippen molar-refractivity contribution < 1.29 is 0 Å². The maximum absolute atomic E-state index is 6.04. The predicted octanol–water partition coefficient (Wildman–Crippen LogP) is 4.23. The van der Waals surface area contributed by atoms with Gasteiger partial charge in [-0.1, -0.05) is 59.6 Å². The highest BCUT2D eigenvalue weighted by atomic mass is 79.9. The van der Waals surface area contributed by atoms with Crippen molar-refractivity contribution in [3.63, 3.8) is 0 Å². The topological polar surface area (TPSA) is 0 Å². The largest absolute Gasteiger partial charge is 0.0887 e. The Hall–Kier alpha value is -0.0100. The molecule has 0 aliphatic rings. The molecule has 1 aromatic carbocycles. The van der Waals surface area contributed by atoms with Gasteiger partial charge >= 0.3 is 0 Å². The van der Waals surface area contributed by atoms with Crippen LogP contribution in [0.1, 0.15) is 25.3 Å². The Balaban J connectivity index is 2.94. The summed E-state index contributed by atoms with van der Waals surface area (Å²) in [4.78, 5) is 0.456. The van der Waals surface area contributed by atoms with Crippen LogP contribution in [0.25, 0.3) is 0 Å². The minimum atomic E-state index is 0.456. The van der Waals surface area contributed by atoms with Crippen LogP contribution in [0.15, 0.2) is 24.3 Å². The molecule has 1 rings (SSSR count). The quantitative estimate of drug-likeness (QED) is 0.686. The standard InChI is InChI=1S/C10H12BrCl/c1-7(8(2)11)9-5-3-4-6-10(9)12/h3-8H,1-2H3. The van der Waals surface area contributed by atoms with E-state index in [0.29, 0.717) is 10.7 Å². The zero-order valence-electron chi connectivity index (χ0n) is 7.22. The van der Waals surface area contributed by atoms with Gasteiger partial charge in [0.15, 0.2) is 0 Å². The second kappa shape index (κ2) is 4.29. The third-order valence-corrected chi connectivity index (χ3v) is 3.22. The molecule has 0 aliphatic carbocycles. The van der Waals surface area contributed by atoms with Crippen LogP contribution in [0.2, 0.25) is 5.02 Å². The van der Waals surface area contributed by atoms with Crippen molar-refractivity contribution in [1.29, 1.82) is 0 Å². The summed E-state index contributed by atoms with van der Waals surface area (Å²) in [7, 11) is 0. The number of hydrogen-bond donors (Lipinski definition) is 0. The molecule has 0 N–H and O–H groups in total. The average Bonchev–Trinajstić information content (AvgIpc) is 2.04. The van der Waals surface area contributed by atoms with Gasteiger partial charge in [-0.3, -0.25) is 0 Å². The Morgan fingerprint density at radius 1 is 1.25 bits per heavy atom. The first-order valence-electron chi connectivity index (χ1n) is 4.01. The SMILES string of the molecule is CC(Br)C(C)c1ccccc1Cl. The lowest BCUT2D eigenvalue weighted by atomic mass is 9.99. The summed E-state index contributed by atoms with van der Waals surface area (Å²) in [6, 6.07) is 7.98. The van der Waals surface area contributed by atoms with E-state index in [1.807, 2.05) is 18.2 Å². The number of hydrogen-bond acceptors (Lipinski definition) is 0. The number of halogens is 2. The lowest BCUT2D eigenvalue weighted by Gasteiger charge is -2.15. The Bertz CT molecular complexity index is 258. The van der Waals surface area contributed by atoms with Crippen molar-refractivity contribution in [2.75, 3.05) is 0 Å². The van der Waals surface area contributed by atoms with Crippen LogP contribution in [-0.4, -0.2) is 4.83 Å². The molecule has 0 saturated carbocycles. The van der Waals surface area contributed by atoms with Gasteiger partial charge in [0.1, 0.15) is 0 Å². The molecule has 0 aliphatic heterocycles. The molecule has 0 saturated heterocycles. The molecule has 0 bridgehead atoms. The van der Waals surface area contributed by atoms with Crippen LogP contribution < -0.4 is 0 Å². The minimum absolute atomic E-state index is 0.456. The molecular formula is C10H12BrCl. The van der Waals surface area contributed by atoms with Gasteiger partial charge < -0.3 is 0 Å². The molecule has 66 valence electrons. The van der Waals surface area contributed by atoms with Gasteiger partial charge in [-0.15, -0.1) is 0 Å². The highest BCUT2D eigenvalue weighted by molar-refractivity contribution is 9.09. The summed E-state index contributed by atoms with van der Waals surface area (Å²) >= 11 is 9.59. The van der Waals surface area contributed by atoms with Gasteiger partial charge in [-0.2, -0.15) is 0 Å². The Labute approximate surface area is 87.1 Å². The van der Waals surface area contributed by atoms with E-state index >= 15 is 0 Å². The number of alkyl halides is 1. The van der Waals surface area contributed by atoms with Crippen LogP contribution in [0.4, 0.5) is 0 Å². The molecule has 12 heavy (non-hydrogen) atoms. The fourth-order valence-corrected chi connectivity index (χ4v) is 1.68. The Kier molecular flexibility index (Phi) is 3.60. The average molecular weight is 248 g/mol. The molecule has 0 amide bonds. The first-order chi connectivity index (χ1) is 5.63. The van der Waals surface area contributed by atoms with Crippen LogP contribution >= 0.6 is 27.5 Å². The van der Waals surface area contributed by atoms with E-state index in [4.69, 9.17) is 11.6 Å². The second-order valence-electron chi connectivity index (χ2n) is 2.99. The summed E-state index contributed by atoms with van der Waals surface area (Å²) in [5, 5.41) is 0.858. The van der Waals surface area contributed by atoms with E-state index in [9.17, 15) is 0 Å². The van der Waals surface area contributed by atoms with E-state index in [0.717, 1.165) is 5.02 Å². The molecule has 0 aromatic heterocycles. The summed E-state index contributed by atoms with van der Waals surface area (Å²) in [6.07, 6.45) is 0.